The van der Waals surface area contributed by atoms with Crippen molar-refractivity contribution in [1.82, 2.24) is 5.43 Å². The minimum Gasteiger partial charge on any atom is -0.493 e. The second-order valence-corrected chi connectivity index (χ2v) is 8.66. The number of benzene rings is 3. The Bertz CT molecular complexity index is 1280. The molecule has 0 unspecified atom stereocenters. The van der Waals surface area contributed by atoms with Gasteiger partial charge in [0.25, 0.3) is 11.6 Å². The molecule has 0 bridgehead atoms. The SMILES string of the molecule is COc1cc(/C=N/NC(=O)c2cccc([N+](=O)[O-])c2C)cc(Br)c1OCc1ccc(Cl)cc1Cl. The Morgan fingerprint density at radius 1 is 1.24 bits per heavy atom. The average molecular weight is 567 g/mol. The predicted octanol–water partition coefficient (Wildman–Crippen LogP) is 6.32. The standard InChI is InChI=1S/C23H18BrCl2N3O5/c1-13-17(4-3-5-20(13)29(31)32)23(30)28-27-11-14-8-18(24)22(21(9-14)33-2)34-12-15-6-7-16(25)10-19(15)26/h3-11H,12H2,1-2H3,(H,28,30)/b27-11+. The number of hydrogen-bond donors (Lipinski definition) is 1. The van der Waals surface area contributed by atoms with E-state index in [9.17, 15) is 14.9 Å². The van der Waals surface area contributed by atoms with Crippen LogP contribution in [0.2, 0.25) is 10.0 Å². The third-order valence-corrected chi connectivity index (χ3v) is 5.94. The van der Waals surface area contributed by atoms with Gasteiger partial charge >= 0.3 is 0 Å². The first-order valence-corrected chi connectivity index (χ1v) is 11.3. The number of nitro benzene ring substituents is 1. The highest BCUT2D eigenvalue weighted by Crippen LogP contribution is 2.37. The van der Waals surface area contributed by atoms with Gasteiger partial charge in [0.15, 0.2) is 11.5 Å². The van der Waals surface area contributed by atoms with E-state index in [-0.39, 0.29) is 23.4 Å². The number of amides is 1. The summed E-state index contributed by atoms with van der Waals surface area (Å²) in [6.45, 7) is 1.70. The quantitative estimate of drug-likeness (QED) is 0.195. The fourth-order valence-corrected chi connectivity index (χ4v) is 4.07. The van der Waals surface area contributed by atoms with Crippen molar-refractivity contribution in [2.24, 2.45) is 5.10 Å². The summed E-state index contributed by atoms with van der Waals surface area (Å²) in [6.07, 6.45) is 1.41. The Kier molecular flexibility index (Phi) is 8.49. The Hall–Kier alpha value is -3.14. The first kappa shape index (κ1) is 25.5. The summed E-state index contributed by atoms with van der Waals surface area (Å²) in [7, 11) is 1.50. The van der Waals surface area contributed by atoms with Crippen LogP contribution in [0.3, 0.4) is 0 Å². The van der Waals surface area contributed by atoms with E-state index in [0.29, 0.717) is 31.6 Å². The molecule has 0 saturated heterocycles. The molecule has 34 heavy (non-hydrogen) atoms. The van der Waals surface area contributed by atoms with E-state index < -0.39 is 10.8 Å². The molecule has 0 aromatic heterocycles. The van der Waals surface area contributed by atoms with Crippen LogP contribution in [0, 0.1) is 17.0 Å². The van der Waals surface area contributed by atoms with Gasteiger partial charge in [-0.3, -0.25) is 14.9 Å². The van der Waals surface area contributed by atoms with E-state index in [4.69, 9.17) is 32.7 Å². The number of carbonyl (C=O) groups is 1. The lowest BCUT2D eigenvalue weighted by molar-refractivity contribution is -0.385. The van der Waals surface area contributed by atoms with Crippen molar-refractivity contribution in [3.63, 3.8) is 0 Å². The van der Waals surface area contributed by atoms with E-state index >= 15 is 0 Å². The topological polar surface area (TPSA) is 103 Å². The lowest BCUT2D eigenvalue weighted by Gasteiger charge is -2.14. The van der Waals surface area contributed by atoms with Crippen LogP contribution < -0.4 is 14.9 Å². The summed E-state index contributed by atoms with van der Waals surface area (Å²) in [5, 5.41) is 16.0. The van der Waals surface area contributed by atoms with Gasteiger partial charge in [-0.15, -0.1) is 0 Å². The molecule has 0 saturated carbocycles. The van der Waals surface area contributed by atoms with Crippen LogP contribution in [0.15, 0.2) is 58.1 Å². The molecular formula is C23H18BrCl2N3O5. The smallest absolute Gasteiger partial charge is 0.273 e. The van der Waals surface area contributed by atoms with E-state index in [2.05, 4.69) is 26.5 Å². The minimum atomic E-state index is -0.566. The first-order chi connectivity index (χ1) is 16.2. The predicted molar refractivity (Wildman–Crippen MR) is 134 cm³/mol. The van der Waals surface area contributed by atoms with Crippen molar-refractivity contribution >= 4 is 56.9 Å². The van der Waals surface area contributed by atoms with Gasteiger partial charge in [0.05, 0.1) is 28.3 Å². The summed E-state index contributed by atoms with van der Waals surface area (Å²) >= 11 is 15.6. The normalized spacial score (nSPS) is 10.9. The van der Waals surface area contributed by atoms with Crippen LogP contribution >= 0.6 is 39.1 Å². The third kappa shape index (κ3) is 6.05. The second kappa shape index (κ2) is 11.3. The summed E-state index contributed by atoms with van der Waals surface area (Å²) in [5.74, 6) is 0.326. The van der Waals surface area contributed by atoms with E-state index in [1.807, 2.05) is 0 Å². The molecule has 0 spiro atoms. The lowest BCUT2D eigenvalue weighted by atomic mass is 10.1. The zero-order valence-electron chi connectivity index (χ0n) is 18.0. The Morgan fingerprint density at radius 2 is 2.00 bits per heavy atom. The van der Waals surface area contributed by atoms with Crippen LogP contribution in [0.4, 0.5) is 5.69 Å². The monoisotopic (exact) mass is 565 g/mol. The zero-order chi connectivity index (χ0) is 24.8. The highest BCUT2D eigenvalue weighted by atomic mass is 79.9. The van der Waals surface area contributed by atoms with Gasteiger partial charge in [-0.25, -0.2) is 5.43 Å². The molecule has 0 radical (unpaired) electrons. The van der Waals surface area contributed by atoms with Crippen molar-refractivity contribution in [2.75, 3.05) is 7.11 Å². The summed E-state index contributed by atoms with van der Waals surface area (Å²) in [6, 6.07) is 12.8. The van der Waals surface area contributed by atoms with E-state index in [1.54, 1.807) is 30.3 Å². The number of nitrogens with zero attached hydrogens (tertiary/aromatic N) is 2. The molecule has 0 fully saturated rings. The zero-order valence-corrected chi connectivity index (χ0v) is 21.1. The number of rotatable bonds is 8. The van der Waals surface area contributed by atoms with Crippen molar-refractivity contribution in [3.8, 4) is 11.5 Å². The van der Waals surface area contributed by atoms with Crippen molar-refractivity contribution in [3.05, 3.63) is 95.4 Å². The summed E-state index contributed by atoms with van der Waals surface area (Å²) in [4.78, 5) is 23.0. The molecule has 0 aliphatic rings. The molecule has 0 atom stereocenters. The largest absolute Gasteiger partial charge is 0.493 e. The van der Waals surface area contributed by atoms with Crippen LogP contribution in [0.1, 0.15) is 27.0 Å². The first-order valence-electron chi connectivity index (χ1n) is 9.73. The lowest BCUT2D eigenvalue weighted by Crippen LogP contribution is -2.19. The Balaban J connectivity index is 1.73. The van der Waals surface area contributed by atoms with Crippen LogP contribution in [0.5, 0.6) is 11.5 Å². The molecule has 1 N–H and O–H groups in total. The second-order valence-electron chi connectivity index (χ2n) is 6.96. The number of methoxy groups -OCH3 is 1. The number of carbonyl (C=O) groups excluding carboxylic acids is 1. The molecule has 0 aliphatic heterocycles. The maximum atomic E-state index is 12.4. The molecule has 3 rings (SSSR count). The molecular weight excluding hydrogens is 549 g/mol. The van der Waals surface area contributed by atoms with Gasteiger partial charge in [0.2, 0.25) is 0 Å². The number of nitro groups is 1. The Morgan fingerprint density at radius 3 is 2.68 bits per heavy atom. The van der Waals surface area contributed by atoms with Crippen LogP contribution in [-0.4, -0.2) is 24.2 Å². The average Bonchev–Trinajstić information content (AvgIpc) is 2.79. The number of hydrogen-bond acceptors (Lipinski definition) is 6. The van der Waals surface area contributed by atoms with Crippen molar-refractivity contribution < 1.29 is 19.2 Å². The van der Waals surface area contributed by atoms with Gasteiger partial charge < -0.3 is 9.47 Å². The summed E-state index contributed by atoms with van der Waals surface area (Å²) < 4.78 is 11.9. The molecule has 1 amide bonds. The van der Waals surface area contributed by atoms with Crippen LogP contribution in [0.25, 0.3) is 0 Å². The fraction of sp³-hybridized carbons (Fsp3) is 0.130. The van der Waals surface area contributed by atoms with Gasteiger partial charge in [0, 0.05) is 27.2 Å². The van der Waals surface area contributed by atoms with E-state index in [0.717, 1.165) is 5.56 Å². The highest BCUT2D eigenvalue weighted by Gasteiger charge is 2.18. The number of hydrazone groups is 1. The highest BCUT2D eigenvalue weighted by molar-refractivity contribution is 9.10. The van der Waals surface area contributed by atoms with Gasteiger partial charge in [-0.2, -0.15) is 5.10 Å². The van der Waals surface area contributed by atoms with E-state index in [1.165, 1.54) is 38.4 Å². The minimum absolute atomic E-state index is 0.138. The third-order valence-electron chi connectivity index (χ3n) is 4.77. The molecule has 3 aromatic carbocycles. The number of halogens is 3. The fourth-order valence-electron chi connectivity index (χ4n) is 3.04. The maximum Gasteiger partial charge on any atom is 0.273 e. The molecule has 0 heterocycles. The molecule has 8 nitrogen and oxygen atoms in total. The number of nitrogens with one attached hydrogen (secondary N) is 1. The van der Waals surface area contributed by atoms with Crippen molar-refractivity contribution in [1.29, 1.82) is 0 Å². The Labute approximate surface area is 213 Å². The number of ether oxygens (including phenoxy) is 2. The maximum absolute atomic E-state index is 12.4. The van der Waals surface area contributed by atoms with Gasteiger partial charge in [-0.1, -0.05) is 35.3 Å². The molecule has 176 valence electrons. The van der Waals surface area contributed by atoms with Gasteiger partial charge in [0.1, 0.15) is 6.61 Å². The molecule has 11 heteroatoms. The van der Waals surface area contributed by atoms with Crippen molar-refractivity contribution in [2.45, 2.75) is 13.5 Å². The van der Waals surface area contributed by atoms with Gasteiger partial charge in [-0.05, 0) is 58.7 Å². The van der Waals surface area contributed by atoms with Crippen LogP contribution in [-0.2, 0) is 6.61 Å². The molecule has 0 aliphatic carbocycles. The summed E-state index contributed by atoms with van der Waals surface area (Å²) in [5.41, 5.74) is 4.02. The molecule has 3 aromatic rings.